The summed E-state index contributed by atoms with van der Waals surface area (Å²) in [5.74, 6) is -3.95. The molecule has 1 aliphatic heterocycles. The first-order valence-corrected chi connectivity index (χ1v) is 12.7. The summed E-state index contributed by atoms with van der Waals surface area (Å²) >= 11 is 0. The van der Waals surface area contributed by atoms with E-state index in [2.05, 4.69) is 25.1 Å². The van der Waals surface area contributed by atoms with Crippen molar-refractivity contribution in [3.63, 3.8) is 0 Å². The fourth-order valence-electron chi connectivity index (χ4n) is 5.05. The molecular formula is C26H33F2N7O3. The van der Waals surface area contributed by atoms with Gasteiger partial charge in [0.05, 0.1) is 49.4 Å². The molecule has 0 spiro atoms. The van der Waals surface area contributed by atoms with Crippen LogP contribution in [0.15, 0.2) is 29.2 Å². The molecule has 3 aromatic rings. The summed E-state index contributed by atoms with van der Waals surface area (Å²) in [6.45, 7) is 4.00. The molecule has 1 unspecified atom stereocenters. The third-order valence-electron chi connectivity index (χ3n) is 6.83. The number of esters is 1. The van der Waals surface area contributed by atoms with Crippen LogP contribution in [-0.2, 0) is 36.0 Å². The highest BCUT2D eigenvalue weighted by Crippen LogP contribution is 2.36. The first kappa shape index (κ1) is 27.3. The molecule has 4 heterocycles. The van der Waals surface area contributed by atoms with Crippen LogP contribution in [0.25, 0.3) is 11.4 Å². The van der Waals surface area contributed by atoms with Gasteiger partial charge in [-0.2, -0.15) is 5.10 Å². The zero-order valence-electron chi connectivity index (χ0n) is 22.2. The van der Waals surface area contributed by atoms with E-state index in [-0.39, 0.29) is 18.4 Å². The van der Waals surface area contributed by atoms with Gasteiger partial charge in [0.1, 0.15) is 5.69 Å². The van der Waals surface area contributed by atoms with E-state index in [1.165, 1.54) is 11.8 Å². The van der Waals surface area contributed by atoms with Crippen LogP contribution in [0.3, 0.4) is 0 Å². The van der Waals surface area contributed by atoms with Gasteiger partial charge in [-0.3, -0.25) is 14.3 Å². The smallest absolute Gasteiger partial charge is 0.305 e. The number of aryl methyl sites for hydroxylation is 4. The zero-order valence-corrected chi connectivity index (χ0v) is 22.2. The third-order valence-corrected chi connectivity index (χ3v) is 6.83. The summed E-state index contributed by atoms with van der Waals surface area (Å²) < 4.78 is 36.8. The molecule has 0 amide bonds. The molecule has 1 fully saturated rings. The average molecular weight is 530 g/mol. The van der Waals surface area contributed by atoms with Crippen molar-refractivity contribution in [1.29, 1.82) is 0 Å². The van der Waals surface area contributed by atoms with Crippen molar-refractivity contribution in [2.75, 3.05) is 25.1 Å². The van der Waals surface area contributed by atoms with Gasteiger partial charge in [0.25, 0.3) is 11.5 Å². The zero-order chi connectivity index (χ0) is 27.4. The summed E-state index contributed by atoms with van der Waals surface area (Å²) in [6, 6.07) is 5.25. The Morgan fingerprint density at radius 1 is 1.24 bits per heavy atom. The summed E-state index contributed by atoms with van der Waals surface area (Å²) in [6.07, 6.45) is 3.25. The second-order valence-electron chi connectivity index (χ2n) is 9.78. The Balaban J connectivity index is 1.55. The second-order valence-corrected chi connectivity index (χ2v) is 9.78. The Morgan fingerprint density at radius 2 is 2.03 bits per heavy atom. The normalized spacial score (nSPS) is 17.0. The van der Waals surface area contributed by atoms with Gasteiger partial charge in [-0.25, -0.2) is 18.4 Å². The highest BCUT2D eigenvalue weighted by Gasteiger charge is 2.41. The first-order valence-electron chi connectivity index (χ1n) is 12.7. The Labute approximate surface area is 219 Å². The first-order chi connectivity index (χ1) is 18.1. The molecule has 1 aliphatic rings. The number of hydrogen-bond donors (Lipinski definition) is 0. The van der Waals surface area contributed by atoms with Gasteiger partial charge in [0, 0.05) is 38.2 Å². The van der Waals surface area contributed by atoms with E-state index in [1.54, 1.807) is 47.9 Å². The molecule has 1 atom stereocenters. The van der Waals surface area contributed by atoms with Crippen molar-refractivity contribution in [2.45, 2.75) is 58.4 Å². The maximum Gasteiger partial charge on any atom is 0.305 e. The molecule has 0 bridgehead atoms. The number of pyridine rings is 1. The molecule has 38 heavy (non-hydrogen) atoms. The van der Waals surface area contributed by atoms with Crippen LogP contribution in [0.5, 0.6) is 0 Å². The number of methoxy groups -OCH3 is 1. The van der Waals surface area contributed by atoms with Gasteiger partial charge in [-0.15, -0.1) is 5.10 Å². The fourth-order valence-corrected chi connectivity index (χ4v) is 5.05. The number of ether oxygens (including phenoxy) is 1. The predicted molar refractivity (Wildman–Crippen MR) is 137 cm³/mol. The van der Waals surface area contributed by atoms with E-state index in [0.717, 1.165) is 17.7 Å². The topological polar surface area (TPSA) is 108 Å². The van der Waals surface area contributed by atoms with Crippen LogP contribution in [-0.4, -0.2) is 61.8 Å². The van der Waals surface area contributed by atoms with Gasteiger partial charge in [-0.1, -0.05) is 18.6 Å². The number of aromatic nitrogens is 6. The number of carbonyl (C=O) groups excluding carboxylic acids is 1. The molecule has 4 rings (SSSR count). The molecule has 0 aliphatic carbocycles. The lowest BCUT2D eigenvalue weighted by molar-refractivity contribution is -0.142. The predicted octanol–water partition coefficient (Wildman–Crippen LogP) is 2.96. The number of halogens is 2. The second kappa shape index (κ2) is 11.4. The van der Waals surface area contributed by atoms with E-state index in [1.807, 2.05) is 6.92 Å². The maximum atomic E-state index is 14.5. The summed E-state index contributed by atoms with van der Waals surface area (Å²) in [7, 11) is 3.03. The van der Waals surface area contributed by atoms with E-state index in [4.69, 9.17) is 0 Å². The molecule has 10 nitrogen and oxygen atoms in total. The fraction of sp³-hybridized carbons (Fsp3) is 0.538. The summed E-state index contributed by atoms with van der Waals surface area (Å²) in [5.41, 5.74) is 3.68. The van der Waals surface area contributed by atoms with Crippen molar-refractivity contribution < 1.29 is 18.3 Å². The van der Waals surface area contributed by atoms with Crippen LogP contribution in [0, 0.1) is 12.8 Å². The number of hydrogen-bond acceptors (Lipinski definition) is 8. The molecule has 12 heteroatoms. The standard InChI is InChI=1S/C26H33F2N7O3/c1-5-6-19-9-11-29-35(25(19)37)12-10-22-24(31-32-33(22)3)20-7-8-21(17(2)30-20)34-15-18(13-23(36)38-4)14-26(27,28)16-34/h7-9,11,18H,5-6,10,12-16H2,1-4H3. The molecule has 1 saturated heterocycles. The van der Waals surface area contributed by atoms with E-state index >= 15 is 0 Å². The van der Waals surface area contributed by atoms with Crippen LogP contribution in [0.1, 0.15) is 43.1 Å². The van der Waals surface area contributed by atoms with Gasteiger partial charge >= 0.3 is 5.97 Å². The third kappa shape index (κ3) is 6.05. The SMILES string of the molecule is CCCc1ccnn(CCc2c(-c3ccc(N4CC(CC(=O)OC)CC(F)(F)C4)c(C)n3)nnn2C)c1=O. The Bertz CT molecular complexity index is 1350. The van der Waals surface area contributed by atoms with Crippen LogP contribution < -0.4 is 10.5 Å². The Hall–Kier alpha value is -3.70. The van der Waals surface area contributed by atoms with E-state index in [9.17, 15) is 18.4 Å². The van der Waals surface area contributed by atoms with Gasteiger partial charge in [-0.05, 0) is 37.5 Å². The molecule has 3 aromatic heterocycles. The number of anilines is 1. The molecular weight excluding hydrogens is 496 g/mol. The van der Waals surface area contributed by atoms with Crippen LogP contribution in [0.4, 0.5) is 14.5 Å². The number of piperidine rings is 1. The minimum atomic E-state index is -2.93. The molecule has 204 valence electrons. The summed E-state index contributed by atoms with van der Waals surface area (Å²) in [4.78, 5) is 30.7. The summed E-state index contributed by atoms with van der Waals surface area (Å²) in [5, 5.41) is 12.6. The molecule has 0 saturated carbocycles. The Kier molecular flexibility index (Phi) is 8.17. The van der Waals surface area contributed by atoms with Crippen molar-refractivity contribution in [2.24, 2.45) is 13.0 Å². The highest BCUT2D eigenvalue weighted by molar-refractivity contribution is 5.69. The van der Waals surface area contributed by atoms with Crippen molar-refractivity contribution >= 4 is 11.7 Å². The van der Waals surface area contributed by atoms with Gasteiger partial charge < -0.3 is 9.64 Å². The Morgan fingerprint density at radius 3 is 2.74 bits per heavy atom. The number of rotatable bonds is 9. The van der Waals surface area contributed by atoms with Crippen LogP contribution >= 0.6 is 0 Å². The van der Waals surface area contributed by atoms with Gasteiger partial charge in [0.2, 0.25) is 0 Å². The average Bonchev–Trinajstić information content (AvgIpc) is 3.23. The number of nitrogens with zero attached hydrogens (tertiary/aromatic N) is 7. The van der Waals surface area contributed by atoms with Gasteiger partial charge in [0.15, 0.2) is 0 Å². The lowest BCUT2D eigenvalue weighted by atomic mass is 9.91. The minimum absolute atomic E-state index is 0.0601. The maximum absolute atomic E-state index is 14.5. The largest absolute Gasteiger partial charge is 0.469 e. The van der Waals surface area contributed by atoms with E-state index in [0.29, 0.717) is 48.7 Å². The lowest BCUT2D eigenvalue weighted by Gasteiger charge is -2.39. The molecule has 0 N–H and O–H groups in total. The van der Waals surface area contributed by atoms with Crippen molar-refractivity contribution in [3.05, 3.63) is 51.7 Å². The highest BCUT2D eigenvalue weighted by atomic mass is 19.3. The quantitative estimate of drug-likeness (QED) is 0.390. The van der Waals surface area contributed by atoms with Crippen molar-refractivity contribution in [3.8, 4) is 11.4 Å². The number of carbonyl (C=O) groups is 1. The lowest BCUT2D eigenvalue weighted by Crippen LogP contribution is -2.48. The molecule has 0 aromatic carbocycles. The molecule has 0 radical (unpaired) electrons. The monoisotopic (exact) mass is 529 g/mol. The van der Waals surface area contributed by atoms with E-state index < -0.39 is 24.4 Å². The van der Waals surface area contributed by atoms with Crippen molar-refractivity contribution in [1.82, 2.24) is 29.8 Å². The van der Waals surface area contributed by atoms with Crippen LogP contribution in [0.2, 0.25) is 0 Å². The minimum Gasteiger partial charge on any atom is -0.469 e. The number of alkyl halides is 2.